The summed E-state index contributed by atoms with van der Waals surface area (Å²) in [6, 6.07) is 5.88. The van der Waals surface area contributed by atoms with Crippen molar-refractivity contribution in [1.29, 1.82) is 0 Å². The molecule has 1 amide bonds. The molecule has 0 radical (unpaired) electrons. The van der Waals surface area contributed by atoms with Crippen LogP contribution in [0.3, 0.4) is 0 Å². The molecule has 1 aliphatic rings. The first kappa shape index (κ1) is 22.6. The van der Waals surface area contributed by atoms with Crippen LogP contribution in [0.1, 0.15) is 42.4 Å². The van der Waals surface area contributed by atoms with Crippen molar-refractivity contribution in [3.63, 3.8) is 0 Å². The number of hydrogen-bond donors (Lipinski definition) is 1. The fourth-order valence-corrected chi connectivity index (χ4v) is 3.60. The molecule has 2 aromatic rings. The lowest BCUT2D eigenvalue weighted by molar-refractivity contribution is -0.125. The van der Waals surface area contributed by atoms with E-state index in [4.69, 9.17) is 0 Å². The normalized spacial score (nSPS) is 18.6. The van der Waals surface area contributed by atoms with E-state index in [1.54, 1.807) is 23.0 Å². The van der Waals surface area contributed by atoms with Crippen LogP contribution in [-0.2, 0) is 16.0 Å². The number of allylic oxidation sites excluding steroid dienone is 1. The molecule has 1 saturated heterocycles. The highest BCUT2D eigenvalue weighted by Crippen LogP contribution is 2.27. The number of nitrogens with zero attached hydrogens (tertiary/aromatic N) is 4. The topological polar surface area (TPSA) is 89.4 Å². The molecule has 166 valence electrons. The predicted octanol–water partition coefficient (Wildman–Crippen LogP) is 2.14. The molecular formula is C22H28FN5O3. The van der Waals surface area contributed by atoms with Gasteiger partial charge in [0, 0.05) is 19.6 Å². The minimum absolute atomic E-state index is 0.0555. The molecule has 8 nitrogen and oxygen atoms in total. The number of likely N-dealkylation sites (tertiary alicyclic amines) is 1. The van der Waals surface area contributed by atoms with Crippen LogP contribution < -0.4 is 5.32 Å². The molecule has 0 saturated carbocycles. The van der Waals surface area contributed by atoms with Gasteiger partial charge in [-0.1, -0.05) is 29.0 Å². The molecule has 1 fully saturated rings. The first-order valence-electron chi connectivity index (χ1n) is 10.3. The number of carbonyl (C=O) groups is 2. The average molecular weight is 429 g/mol. The standard InChI is InChI=1S/C22H28FN5O3/c1-15(2)9-11-27-13-18(28-14-19(25-26-28)22(30)31-3)12-20(27)21(29)24-10-8-16-4-6-17(23)7-5-16/h4-7,9,14,18,20H,8,10-13H2,1-3H3,(H,24,29)/t18-,20+/m1/s1. The van der Waals surface area contributed by atoms with Crippen LogP contribution >= 0.6 is 0 Å². The lowest BCUT2D eigenvalue weighted by Crippen LogP contribution is -2.43. The number of halogens is 1. The highest BCUT2D eigenvalue weighted by molar-refractivity contribution is 5.86. The van der Waals surface area contributed by atoms with Gasteiger partial charge in [0.25, 0.3) is 0 Å². The van der Waals surface area contributed by atoms with Gasteiger partial charge in [-0.3, -0.25) is 9.69 Å². The van der Waals surface area contributed by atoms with Crippen LogP contribution in [0.15, 0.2) is 42.1 Å². The van der Waals surface area contributed by atoms with Crippen molar-refractivity contribution in [2.45, 2.75) is 38.8 Å². The van der Waals surface area contributed by atoms with Crippen LogP contribution in [0.25, 0.3) is 0 Å². The number of esters is 1. The molecule has 1 aliphatic heterocycles. The van der Waals surface area contributed by atoms with Crippen molar-refractivity contribution in [1.82, 2.24) is 25.2 Å². The zero-order valence-electron chi connectivity index (χ0n) is 18.0. The minimum atomic E-state index is -0.541. The molecule has 31 heavy (non-hydrogen) atoms. The Bertz CT molecular complexity index is 937. The quantitative estimate of drug-likeness (QED) is 0.511. The Balaban J connectivity index is 1.64. The van der Waals surface area contributed by atoms with Gasteiger partial charge in [-0.2, -0.15) is 0 Å². The number of amides is 1. The molecular weight excluding hydrogens is 401 g/mol. The highest BCUT2D eigenvalue weighted by atomic mass is 19.1. The Morgan fingerprint density at radius 2 is 2.03 bits per heavy atom. The lowest BCUT2D eigenvalue weighted by Gasteiger charge is -2.22. The maximum atomic E-state index is 13.0. The molecule has 1 N–H and O–H groups in total. The fourth-order valence-electron chi connectivity index (χ4n) is 3.60. The van der Waals surface area contributed by atoms with E-state index in [2.05, 4.69) is 31.3 Å². The zero-order chi connectivity index (χ0) is 22.4. The van der Waals surface area contributed by atoms with Crippen molar-refractivity contribution in [3.8, 4) is 0 Å². The molecule has 2 atom stereocenters. The van der Waals surface area contributed by atoms with Gasteiger partial charge in [0.2, 0.25) is 5.91 Å². The van der Waals surface area contributed by atoms with Gasteiger partial charge >= 0.3 is 5.97 Å². The van der Waals surface area contributed by atoms with Crippen molar-refractivity contribution < 1.29 is 18.7 Å². The van der Waals surface area contributed by atoms with E-state index in [0.29, 0.717) is 32.5 Å². The maximum Gasteiger partial charge on any atom is 0.360 e. The van der Waals surface area contributed by atoms with E-state index in [-0.39, 0.29) is 29.5 Å². The zero-order valence-corrected chi connectivity index (χ0v) is 18.0. The second kappa shape index (κ2) is 10.3. The summed E-state index contributed by atoms with van der Waals surface area (Å²) in [6.45, 7) is 5.77. The first-order valence-corrected chi connectivity index (χ1v) is 10.3. The summed E-state index contributed by atoms with van der Waals surface area (Å²) < 4.78 is 19.4. The summed E-state index contributed by atoms with van der Waals surface area (Å²) in [5.41, 5.74) is 2.28. The third kappa shape index (κ3) is 5.97. The molecule has 0 spiro atoms. The molecule has 1 aromatic carbocycles. The lowest BCUT2D eigenvalue weighted by atomic mass is 10.1. The highest BCUT2D eigenvalue weighted by Gasteiger charge is 2.37. The smallest absolute Gasteiger partial charge is 0.360 e. The summed E-state index contributed by atoms with van der Waals surface area (Å²) >= 11 is 0. The monoisotopic (exact) mass is 429 g/mol. The first-order chi connectivity index (χ1) is 14.9. The summed E-state index contributed by atoms with van der Waals surface area (Å²) in [5, 5.41) is 10.9. The van der Waals surface area contributed by atoms with Gasteiger partial charge in [-0.05, 0) is 44.4 Å². The molecule has 9 heteroatoms. The molecule has 0 bridgehead atoms. The average Bonchev–Trinajstić information content (AvgIpc) is 3.40. The summed E-state index contributed by atoms with van der Waals surface area (Å²) in [6.07, 6.45) is 4.83. The molecule has 3 rings (SSSR count). The van der Waals surface area contributed by atoms with Gasteiger partial charge in [0.1, 0.15) is 5.82 Å². The van der Waals surface area contributed by atoms with E-state index in [9.17, 15) is 14.0 Å². The van der Waals surface area contributed by atoms with Crippen LogP contribution in [-0.4, -0.2) is 64.6 Å². The van der Waals surface area contributed by atoms with Crippen molar-refractivity contribution in [2.24, 2.45) is 0 Å². The third-order valence-corrected chi connectivity index (χ3v) is 5.32. The molecule has 1 aromatic heterocycles. The number of aromatic nitrogens is 3. The Morgan fingerprint density at radius 1 is 1.29 bits per heavy atom. The molecule has 0 aliphatic carbocycles. The summed E-state index contributed by atoms with van der Waals surface area (Å²) in [5.74, 6) is -0.871. The molecule has 2 heterocycles. The Labute approximate surface area is 181 Å². The van der Waals surface area contributed by atoms with Gasteiger partial charge in [-0.15, -0.1) is 5.10 Å². The molecule has 0 unspecified atom stereocenters. The van der Waals surface area contributed by atoms with Crippen molar-refractivity contribution in [2.75, 3.05) is 26.7 Å². The summed E-state index contributed by atoms with van der Waals surface area (Å²) in [7, 11) is 1.30. The van der Waals surface area contributed by atoms with Gasteiger partial charge in [-0.25, -0.2) is 13.9 Å². The van der Waals surface area contributed by atoms with Gasteiger partial charge in [0.15, 0.2) is 5.69 Å². The van der Waals surface area contributed by atoms with Crippen LogP contribution in [0.5, 0.6) is 0 Å². The Kier molecular flexibility index (Phi) is 7.51. The Morgan fingerprint density at radius 3 is 2.71 bits per heavy atom. The van der Waals surface area contributed by atoms with Gasteiger partial charge in [0.05, 0.1) is 25.4 Å². The van der Waals surface area contributed by atoms with Crippen LogP contribution in [0.4, 0.5) is 4.39 Å². The second-order valence-corrected chi connectivity index (χ2v) is 7.88. The Hall–Kier alpha value is -3.07. The predicted molar refractivity (Wildman–Crippen MR) is 113 cm³/mol. The number of carbonyl (C=O) groups excluding carboxylic acids is 2. The third-order valence-electron chi connectivity index (χ3n) is 5.32. The second-order valence-electron chi connectivity index (χ2n) is 7.88. The van der Waals surface area contributed by atoms with Crippen LogP contribution in [0.2, 0.25) is 0 Å². The van der Waals surface area contributed by atoms with E-state index in [1.165, 1.54) is 24.8 Å². The van der Waals surface area contributed by atoms with Crippen LogP contribution in [0, 0.1) is 5.82 Å². The van der Waals surface area contributed by atoms with E-state index < -0.39 is 5.97 Å². The minimum Gasteiger partial charge on any atom is -0.464 e. The number of rotatable bonds is 8. The van der Waals surface area contributed by atoms with E-state index in [1.807, 2.05) is 13.8 Å². The summed E-state index contributed by atoms with van der Waals surface area (Å²) in [4.78, 5) is 26.7. The maximum absolute atomic E-state index is 13.0. The van der Waals surface area contributed by atoms with Gasteiger partial charge < -0.3 is 10.1 Å². The van der Waals surface area contributed by atoms with E-state index >= 15 is 0 Å². The number of benzene rings is 1. The number of nitrogens with one attached hydrogen (secondary N) is 1. The van der Waals surface area contributed by atoms with Crippen molar-refractivity contribution >= 4 is 11.9 Å². The largest absolute Gasteiger partial charge is 0.464 e. The number of hydrogen-bond acceptors (Lipinski definition) is 6. The number of methoxy groups -OCH3 is 1. The van der Waals surface area contributed by atoms with E-state index in [0.717, 1.165) is 5.56 Å². The SMILES string of the molecule is COC(=O)c1cn([C@@H]2C[C@@H](C(=O)NCCc3ccc(F)cc3)N(CC=C(C)C)C2)nn1. The fraction of sp³-hybridized carbons (Fsp3) is 0.455. The van der Waals surface area contributed by atoms with Crippen molar-refractivity contribution in [3.05, 3.63) is 59.2 Å². The number of ether oxygens (including phenoxy) is 1.